The highest BCUT2D eigenvalue weighted by atomic mass is 19.1. The molecule has 2 N–H and O–H groups in total. The normalized spacial score (nSPS) is 25.7. The van der Waals surface area contributed by atoms with E-state index in [9.17, 15) is 9.18 Å². The Balaban J connectivity index is 1.54. The SMILES string of the molecule is CCC(c1ccc(F)cc1)N1CCCC(CNC(=O)C2CCCN2)C1. The molecule has 0 spiro atoms. The molecule has 25 heavy (non-hydrogen) atoms. The Hall–Kier alpha value is -1.46. The van der Waals surface area contributed by atoms with E-state index in [0.717, 1.165) is 58.3 Å². The van der Waals surface area contributed by atoms with E-state index in [2.05, 4.69) is 22.5 Å². The van der Waals surface area contributed by atoms with Crippen LogP contribution in [-0.2, 0) is 4.79 Å². The summed E-state index contributed by atoms with van der Waals surface area (Å²) in [6, 6.07) is 7.24. The molecule has 0 radical (unpaired) electrons. The molecule has 3 rings (SSSR count). The number of piperidine rings is 1. The van der Waals surface area contributed by atoms with E-state index in [-0.39, 0.29) is 17.8 Å². The van der Waals surface area contributed by atoms with Crippen molar-refractivity contribution in [3.63, 3.8) is 0 Å². The quantitative estimate of drug-likeness (QED) is 0.832. The molecule has 1 aromatic rings. The topological polar surface area (TPSA) is 44.4 Å². The minimum Gasteiger partial charge on any atom is -0.354 e. The zero-order valence-corrected chi connectivity index (χ0v) is 15.1. The highest BCUT2D eigenvalue weighted by Gasteiger charge is 2.27. The molecule has 1 amide bonds. The maximum absolute atomic E-state index is 13.2. The first-order valence-electron chi connectivity index (χ1n) is 9.68. The second-order valence-electron chi connectivity index (χ2n) is 7.37. The number of carbonyl (C=O) groups excluding carboxylic acids is 1. The van der Waals surface area contributed by atoms with Crippen molar-refractivity contribution in [1.82, 2.24) is 15.5 Å². The molecule has 2 aliphatic heterocycles. The fourth-order valence-corrected chi connectivity index (χ4v) is 4.21. The summed E-state index contributed by atoms with van der Waals surface area (Å²) < 4.78 is 13.2. The highest BCUT2D eigenvalue weighted by Crippen LogP contribution is 2.29. The van der Waals surface area contributed by atoms with Gasteiger partial charge in [0.1, 0.15) is 5.82 Å². The molecule has 2 aliphatic rings. The van der Waals surface area contributed by atoms with Crippen LogP contribution in [0.3, 0.4) is 0 Å². The molecular formula is C20H30FN3O. The molecule has 0 bridgehead atoms. The van der Waals surface area contributed by atoms with Gasteiger partial charge in [-0.25, -0.2) is 4.39 Å². The highest BCUT2D eigenvalue weighted by molar-refractivity contribution is 5.81. The van der Waals surface area contributed by atoms with Crippen molar-refractivity contribution in [3.8, 4) is 0 Å². The van der Waals surface area contributed by atoms with E-state index in [0.29, 0.717) is 12.0 Å². The third-order valence-corrected chi connectivity index (χ3v) is 5.57. The van der Waals surface area contributed by atoms with Crippen LogP contribution in [0.2, 0.25) is 0 Å². The first-order valence-corrected chi connectivity index (χ1v) is 9.68. The second kappa shape index (κ2) is 8.77. The van der Waals surface area contributed by atoms with Crippen LogP contribution in [0.4, 0.5) is 4.39 Å². The van der Waals surface area contributed by atoms with Crippen molar-refractivity contribution >= 4 is 5.91 Å². The molecule has 1 aromatic carbocycles. The van der Waals surface area contributed by atoms with Gasteiger partial charge in [-0.1, -0.05) is 19.1 Å². The van der Waals surface area contributed by atoms with Crippen molar-refractivity contribution in [3.05, 3.63) is 35.6 Å². The molecule has 2 saturated heterocycles. The van der Waals surface area contributed by atoms with Crippen LogP contribution in [0.25, 0.3) is 0 Å². The molecule has 4 nitrogen and oxygen atoms in total. The molecule has 0 aromatic heterocycles. The van der Waals surface area contributed by atoms with Gasteiger partial charge in [-0.15, -0.1) is 0 Å². The number of hydrogen-bond acceptors (Lipinski definition) is 3. The number of hydrogen-bond donors (Lipinski definition) is 2. The average Bonchev–Trinajstić information content (AvgIpc) is 3.17. The van der Waals surface area contributed by atoms with Crippen molar-refractivity contribution < 1.29 is 9.18 Å². The Labute approximate surface area is 150 Å². The summed E-state index contributed by atoms with van der Waals surface area (Å²) in [5.41, 5.74) is 1.18. The van der Waals surface area contributed by atoms with Gasteiger partial charge in [-0.05, 0) is 68.8 Å². The van der Waals surface area contributed by atoms with E-state index >= 15 is 0 Å². The summed E-state index contributed by atoms with van der Waals surface area (Å²) in [5.74, 6) is 0.465. The van der Waals surface area contributed by atoms with Gasteiger partial charge in [0.15, 0.2) is 0 Å². The van der Waals surface area contributed by atoms with Gasteiger partial charge in [0.05, 0.1) is 6.04 Å². The molecule has 2 fully saturated rings. The van der Waals surface area contributed by atoms with Crippen LogP contribution in [-0.4, -0.2) is 43.0 Å². The van der Waals surface area contributed by atoms with Gasteiger partial charge in [0.25, 0.3) is 0 Å². The molecule has 3 atom stereocenters. The summed E-state index contributed by atoms with van der Waals surface area (Å²) in [6.07, 6.45) is 5.36. The summed E-state index contributed by atoms with van der Waals surface area (Å²) in [7, 11) is 0. The summed E-state index contributed by atoms with van der Waals surface area (Å²) in [5, 5.41) is 6.39. The Morgan fingerprint density at radius 2 is 2.12 bits per heavy atom. The van der Waals surface area contributed by atoms with Crippen LogP contribution in [0.15, 0.2) is 24.3 Å². The van der Waals surface area contributed by atoms with Gasteiger partial charge in [-0.3, -0.25) is 9.69 Å². The Morgan fingerprint density at radius 1 is 1.32 bits per heavy atom. The summed E-state index contributed by atoms with van der Waals surface area (Å²) >= 11 is 0. The minimum atomic E-state index is -0.182. The predicted molar refractivity (Wildman–Crippen MR) is 97.8 cm³/mol. The number of rotatable bonds is 6. The Kier molecular flexibility index (Phi) is 6.43. The number of amides is 1. The number of halogens is 1. The zero-order chi connectivity index (χ0) is 17.6. The third-order valence-electron chi connectivity index (χ3n) is 5.57. The molecule has 2 heterocycles. The van der Waals surface area contributed by atoms with Gasteiger partial charge < -0.3 is 10.6 Å². The van der Waals surface area contributed by atoms with Gasteiger partial charge >= 0.3 is 0 Å². The van der Waals surface area contributed by atoms with E-state index < -0.39 is 0 Å². The van der Waals surface area contributed by atoms with Crippen LogP contribution in [0.5, 0.6) is 0 Å². The maximum atomic E-state index is 13.2. The number of carbonyl (C=O) groups is 1. The van der Waals surface area contributed by atoms with Crippen molar-refractivity contribution in [2.75, 3.05) is 26.2 Å². The maximum Gasteiger partial charge on any atom is 0.237 e. The molecule has 0 aliphatic carbocycles. The van der Waals surface area contributed by atoms with Crippen molar-refractivity contribution in [2.45, 2.75) is 51.1 Å². The van der Waals surface area contributed by atoms with Crippen LogP contribution in [0, 0.1) is 11.7 Å². The van der Waals surface area contributed by atoms with Crippen molar-refractivity contribution in [1.29, 1.82) is 0 Å². The summed E-state index contributed by atoms with van der Waals surface area (Å²) in [6.45, 7) is 5.96. The number of nitrogens with one attached hydrogen (secondary N) is 2. The lowest BCUT2D eigenvalue weighted by atomic mass is 9.93. The second-order valence-corrected chi connectivity index (χ2v) is 7.37. The lowest BCUT2D eigenvalue weighted by molar-refractivity contribution is -0.123. The molecule has 5 heteroatoms. The van der Waals surface area contributed by atoms with Crippen LogP contribution >= 0.6 is 0 Å². The minimum absolute atomic E-state index is 0.00213. The number of nitrogens with zero attached hydrogens (tertiary/aromatic N) is 1. The standard InChI is InChI=1S/C20H30FN3O/c1-2-19(16-7-9-17(21)10-8-16)24-12-4-5-15(14-24)13-23-20(25)18-6-3-11-22-18/h7-10,15,18-19,22H,2-6,11-14H2,1H3,(H,23,25). The largest absolute Gasteiger partial charge is 0.354 e. The fraction of sp³-hybridized carbons (Fsp3) is 0.650. The lowest BCUT2D eigenvalue weighted by Gasteiger charge is -2.38. The van der Waals surface area contributed by atoms with E-state index in [4.69, 9.17) is 0 Å². The Morgan fingerprint density at radius 3 is 2.80 bits per heavy atom. The van der Waals surface area contributed by atoms with Crippen LogP contribution < -0.4 is 10.6 Å². The van der Waals surface area contributed by atoms with Gasteiger partial charge in [-0.2, -0.15) is 0 Å². The smallest absolute Gasteiger partial charge is 0.237 e. The predicted octanol–water partition coefficient (Wildman–Crippen LogP) is 2.86. The number of benzene rings is 1. The Bertz CT molecular complexity index is 557. The lowest BCUT2D eigenvalue weighted by Crippen LogP contribution is -2.46. The molecule has 138 valence electrons. The molecule has 3 unspecified atom stereocenters. The zero-order valence-electron chi connectivity index (χ0n) is 15.1. The summed E-state index contributed by atoms with van der Waals surface area (Å²) in [4.78, 5) is 14.7. The van der Waals surface area contributed by atoms with Gasteiger partial charge in [0.2, 0.25) is 5.91 Å². The van der Waals surface area contributed by atoms with Gasteiger partial charge in [0, 0.05) is 19.1 Å². The van der Waals surface area contributed by atoms with E-state index in [1.165, 1.54) is 5.56 Å². The molecule has 0 saturated carbocycles. The number of likely N-dealkylation sites (tertiary alicyclic amines) is 1. The van der Waals surface area contributed by atoms with E-state index in [1.807, 2.05) is 12.1 Å². The third kappa shape index (κ3) is 4.79. The van der Waals surface area contributed by atoms with E-state index in [1.54, 1.807) is 12.1 Å². The first-order chi connectivity index (χ1) is 12.2. The van der Waals surface area contributed by atoms with Crippen molar-refractivity contribution in [2.24, 2.45) is 5.92 Å². The monoisotopic (exact) mass is 347 g/mol. The first kappa shape index (κ1) is 18.3. The fourth-order valence-electron chi connectivity index (χ4n) is 4.21. The molecular weight excluding hydrogens is 317 g/mol. The van der Waals surface area contributed by atoms with Crippen LogP contribution in [0.1, 0.15) is 50.6 Å². The average molecular weight is 347 g/mol.